The van der Waals surface area contributed by atoms with Crippen LogP contribution in [-0.2, 0) is 11.2 Å². The fourth-order valence-electron chi connectivity index (χ4n) is 2.80. The van der Waals surface area contributed by atoms with E-state index in [1.165, 1.54) is 17.7 Å². The van der Waals surface area contributed by atoms with E-state index in [1.54, 1.807) is 0 Å². The minimum absolute atomic E-state index is 0.202. The Morgan fingerprint density at radius 1 is 1.19 bits per heavy atom. The number of thiophene rings is 1. The number of nitrogens with one attached hydrogen (secondary N) is 1. The Bertz CT molecular complexity index is 1200. The van der Waals surface area contributed by atoms with Crippen molar-refractivity contribution in [2.24, 2.45) is 0 Å². The van der Waals surface area contributed by atoms with Crippen molar-refractivity contribution in [3.8, 4) is 5.75 Å². The topological polar surface area (TPSA) is 73.2 Å². The molecule has 0 unspecified atom stereocenters. The third-order valence-electron chi connectivity index (χ3n) is 4.19. The largest absolute Gasteiger partial charge is 0.484 e. The first kappa shape index (κ1) is 17.2. The predicted molar refractivity (Wildman–Crippen MR) is 107 cm³/mol. The molecule has 0 aliphatic heterocycles. The number of rotatable bonds is 5. The Morgan fingerprint density at radius 2 is 2.00 bits per heavy atom. The van der Waals surface area contributed by atoms with Crippen molar-refractivity contribution in [2.75, 3.05) is 12.0 Å². The lowest BCUT2D eigenvalue weighted by Crippen LogP contribution is -2.35. The van der Waals surface area contributed by atoms with Crippen molar-refractivity contribution < 1.29 is 9.53 Å². The standard InChI is InChI=1S/C20H17N3O3S/c1-2-16-10-17-19(27-16)21-12-23(20(17)25)22-18(24)11-26-15-8-7-13-5-3-4-6-14(13)9-15/h3-10,12H,2,11H2,1H3,(H,22,24). The van der Waals surface area contributed by atoms with E-state index >= 15 is 0 Å². The maximum atomic E-state index is 12.5. The molecule has 7 heteroatoms. The molecule has 0 aliphatic carbocycles. The van der Waals surface area contributed by atoms with E-state index in [-0.39, 0.29) is 12.2 Å². The second-order valence-electron chi connectivity index (χ2n) is 6.04. The maximum absolute atomic E-state index is 12.5. The van der Waals surface area contributed by atoms with E-state index in [2.05, 4.69) is 10.4 Å². The number of aryl methyl sites for hydroxylation is 1. The van der Waals surface area contributed by atoms with Gasteiger partial charge in [0.05, 0.1) is 5.39 Å². The van der Waals surface area contributed by atoms with E-state index in [0.29, 0.717) is 16.0 Å². The van der Waals surface area contributed by atoms with Crippen LogP contribution in [0.15, 0.2) is 59.7 Å². The van der Waals surface area contributed by atoms with E-state index in [1.807, 2.05) is 55.5 Å². The molecule has 136 valence electrons. The summed E-state index contributed by atoms with van der Waals surface area (Å²) in [6, 6.07) is 15.4. The fourth-order valence-corrected chi connectivity index (χ4v) is 3.72. The number of fused-ring (bicyclic) bond motifs is 2. The van der Waals surface area contributed by atoms with Crippen LogP contribution in [0.25, 0.3) is 21.0 Å². The normalized spacial score (nSPS) is 11.0. The van der Waals surface area contributed by atoms with Gasteiger partial charge in [-0.3, -0.25) is 15.0 Å². The summed E-state index contributed by atoms with van der Waals surface area (Å²) in [4.78, 5) is 30.7. The number of aromatic nitrogens is 2. The van der Waals surface area contributed by atoms with Crippen LogP contribution >= 0.6 is 11.3 Å². The number of nitrogens with zero attached hydrogens (tertiary/aromatic N) is 2. The SMILES string of the molecule is CCc1cc2c(=O)n(NC(=O)COc3ccc4ccccc4c3)cnc2s1. The van der Waals surface area contributed by atoms with E-state index in [4.69, 9.17) is 4.74 Å². The summed E-state index contributed by atoms with van der Waals surface area (Å²) >= 11 is 1.49. The number of carbonyl (C=O) groups excluding carboxylic acids is 1. The minimum Gasteiger partial charge on any atom is -0.484 e. The third-order valence-corrected chi connectivity index (χ3v) is 5.38. The lowest BCUT2D eigenvalue weighted by molar-refractivity contribution is -0.119. The van der Waals surface area contributed by atoms with Gasteiger partial charge in [0, 0.05) is 4.88 Å². The molecule has 0 bridgehead atoms. The van der Waals surface area contributed by atoms with Gasteiger partial charge in [-0.1, -0.05) is 37.3 Å². The van der Waals surface area contributed by atoms with Gasteiger partial charge in [-0.15, -0.1) is 11.3 Å². The first-order chi connectivity index (χ1) is 13.1. The Hall–Kier alpha value is -3.19. The van der Waals surface area contributed by atoms with Crippen molar-refractivity contribution in [3.05, 3.63) is 70.1 Å². The summed E-state index contributed by atoms with van der Waals surface area (Å²) in [5.41, 5.74) is 2.22. The molecular formula is C20H17N3O3S. The van der Waals surface area contributed by atoms with Crippen molar-refractivity contribution in [3.63, 3.8) is 0 Å². The molecule has 0 aliphatic rings. The van der Waals surface area contributed by atoms with Crippen LogP contribution in [0.4, 0.5) is 0 Å². The Balaban J connectivity index is 1.46. The average Bonchev–Trinajstić information content (AvgIpc) is 3.13. The number of hydrogen-bond donors (Lipinski definition) is 1. The highest BCUT2D eigenvalue weighted by molar-refractivity contribution is 7.18. The molecule has 0 radical (unpaired) electrons. The van der Waals surface area contributed by atoms with Gasteiger partial charge in [0.15, 0.2) is 6.61 Å². The van der Waals surface area contributed by atoms with Gasteiger partial charge >= 0.3 is 0 Å². The van der Waals surface area contributed by atoms with Gasteiger partial charge in [0.2, 0.25) is 0 Å². The molecule has 2 heterocycles. The van der Waals surface area contributed by atoms with Gasteiger partial charge in [-0.25, -0.2) is 9.66 Å². The number of amides is 1. The summed E-state index contributed by atoms with van der Waals surface area (Å²) in [6.07, 6.45) is 2.17. The molecule has 2 aromatic carbocycles. The van der Waals surface area contributed by atoms with E-state index < -0.39 is 5.91 Å². The highest BCUT2D eigenvalue weighted by Gasteiger charge is 2.11. The lowest BCUT2D eigenvalue weighted by atomic mass is 10.1. The summed E-state index contributed by atoms with van der Waals surface area (Å²) < 4.78 is 6.65. The Labute approximate surface area is 159 Å². The number of carbonyl (C=O) groups is 1. The van der Waals surface area contributed by atoms with Crippen LogP contribution in [-0.4, -0.2) is 22.2 Å². The summed E-state index contributed by atoms with van der Waals surface area (Å²) in [7, 11) is 0. The van der Waals surface area contributed by atoms with Crippen LogP contribution < -0.4 is 15.7 Å². The summed E-state index contributed by atoms with van der Waals surface area (Å²) in [5.74, 6) is 0.160. The Morgan fingerprint density at radius 3 is 2.81 bits per heavy atom. The number of hydrogen-bond acceptors (Lipinski definition) is 5. The van der Waals surface area contributed by atoms with Crippen LogP contribution in [0, 0.1) is 0 Å². The number of benzene rings is 2. The monoisotopic (exact) mass is 379 g/mol. The van der Waals surface area contributed by atoms with Crippen LogP contribution in [0.5, 0.6) is 5.75 Å². The molecule has 0 saturated carbocycles. The molecule has 0 atom stereocenters. The predicted octanol–water partition coefficient (Wildman–Crippen LogP) is 3.32. The molecule has 4 aromatic rings. The highest BCUT2D eigenvalue weighted by Crippen LogP contribution is 2.21. The van der Waals surface area contributed by atoms with Gasteiger partial charge in [-0.2, -0.15) is 0 Å². The van der Waals surface area contributed by atoms with Crippen molar-refractivity contribution in [1.82, 2.24) is 9.66 Å². The second-order valence-corrected chi connectivity index (χ2v) is 7.15. The van der Waals surface area contributed by atoms with E-state index in [9.17, 15) is 9.59 Å². The van der Waals surface area contributed by atoms with Gasteiger partial charge in [0.25, 0.3) is 11.5 Å². The zero-order chi connectivity index (χ0) is 18.8. The Kier molecular flexibility index (Phi) is 4.60. The highest BCUT2D eigenvalue weighted by atomic mass is 32.1. The van der Waals surface area contributed by atoms with Crippen LogP contribution in [0.2, 0.25) is 0 Å². The first-order valence-corrected chi connectivity index (χ1v) is 9.37. The molecule has 1 N–H and O–H groups in total. The molecule has 0 spiro atoms. The molecule has 2 aromatic heterocycles. The van der Waals surface area contributed by atoms with Crippen LogP contribution in [0.3, 0.4) is 0 Å². The molecule has 1 amide bonds. The van der Waals surface area contributed by atoms with Crippen LogP contribution in [0.1, 0.15) is 11.8 Å². The molecular weight excluding hydrogens is 362 g/mol. The zero-order valence-electron chi connectivity index (χ0n) is 14.6. The van der Waals surface area contributed by atoms with Gasteiger partial charge in [0.1, 0.15) is 16.9 Å². The molecule has 27 heavy (non-hydrogen) atoms. The van der Waals surface area contributed by atoms with Crippen molar-refractivity contribution in [2.45, 2.75) is 13.3 Å². The molecule has 4 rings (SSSR count). The number of ether oxygens (including phenoxy) is 1. The minimum atomic E-state index is -0.433. The molecule has 0 saturated heterocycles. The first-order valence-electron chi connectivity index (χ1n) is 8.55. The summed E-state index contributed by atoms with van der Waals surface area (Å²) in [6.45, 7) is 1.82. The maximum Gasteiger partial charge on any atom is 0.280 e. The lowest BCUT2D eigenvalue weighted by Gasteiger charge is -2.09. The molecule has 0 fully saturated rings. The second kappa shape index (κ2) is 7.20. The zero-order valence-corrected chi connectivity index (χ0v) is 15.5. The summed E-state index contributed by atoms with van der Waals surface area (Å²) in [5, 5.41) is 2.64. The fraction of sp³-hybridized carbons (Fsp3) is 0.150. The quantitative estimate of drug-likeness (QED) is 0.577. The van der Waals surface area contributed by atoms with Gasteiger partial charge in [-0.05, 0) is 35.4 Å². The van der Waals surface area contributed by atoms with Crippen molar-refractivity contribution >= 4 is 38.2 Å². The smallest absolute Gasteiger partial charge is 0.280 e. The average molecular weight is 379 g/mol. The van der Waals surface area contributed by atoms with E-state index in [0.717, 1.165) is 26.7 Å². The third kappa shape index (κ3) is 3.54. The van der Waals surface area contributed by atoms with Gasteiger partial charge < -0.3 is 4.74 Å². The molecule has 6 nitrogen and oxygen atoms in total. The van der Waals surface area contributed by atoms with Crippen molar-refractivity contribution in [1.29, 1.82) is 0 Å².